The van der Waals surface area contributed by atoms with Gasteiger partial charge in [-0.15, -0.1) is 0 Å². The minimum atomic E-state index is -0.625. The van der Waals surface area contributed by atoms with Gasteiger partial charge in [-0.1, -0.05) is 12.8 Å². The summed E-state index contributed by atoms with van der Waals surface area (Å²) in [5.41, 5.74) is 2.79. The van der Waals surface area contributed by atoms with Crippen molar-refractivity contribution in [2.24, 2.45) is 0 Å². The van der Waals surface area contributed by atoms with E-state index in [-0.39, 0.29) is 23.1 Å². The number of H-pyrrole nitrogens is 1. The van der Waals surface area contributed by atoms with E-state index >= 15 is 4.39 Å². The van der Waals surface area contributed by atoms with E-state index in [4.69, 9.17) is 4.74 Å². The van der Waals surface area contributed by atoms with Crippen LogP contribution in [0.3, 0.4) is 0 Å². The largest absolute Gasteiger partial charge is 0.436 e. The van der Waals surface area contributed by atoms with Crippen LogP contribution in [-0.2, 0) is 4.79 Å². The van der Waals surface area contributed by atoms with Crippen LogP contribution in [0.2, 0.25) is 5.82 Å². The Morgan fingerprint density at radius 3 is 2.83 bits per heavy atom. The van der Waals surface area contributed by atoms with Crippen molar-refractivity contribution in [3.05, 3.63) is 53.2 Å². The number of carbonyl (C=O) groups is 2. The fourth-order valence-corrected chi connectivity index (χ4v) is 4.32. The molecule has 1 saturated heterocycles. The molecule has 2 fully saturated rings. The van der Waals surface area contributed by atoms with E-state index in [1.807, 2.05) is 6.92 Å². The highest BCUT2D eigenvalue weighted by molar-refractivity contribution is 6.81. The number of aromatic amines is 1. The predicted octanol–water partition coefficient (Wildman–Crippen LogP) is 2.56. The molecule has 35 heavy (non-hydrogen) atoms. The molecule has 1 aliphatic carbocycles. The number of halogens is 1. The SMILES string of the molecule is Cc1cc2c(F)c(Oc3cc(B(C#N)C4CC4)n4ncc(/C=C5\NC(=O)NC5=O)c4n3)ccc2[nH]1. The number of nitriles is 1. The van der Waals surface area contributed by atoms with E-state index in [0.717, 1.165) is 18.5 Å². The monoisotopic (exact) mass is 469 g/mol. The molecule has 4 heterocycles. The number of nitrogens with zero attached hydrogens (tertiary/aromatic N) is 4. The fourth-order valence-electron chi connectivity index (χ4n) is 4.32. The van der Waals surface area contributed by atoms with Crippen molar-refractivity contribution < 1.29 is 18.7 Å². The summed E-state index contributed by atoms with van der Waals surface area (Å²) in [6.07, 6.45) is 4.76. The van der Waals surface area contributed by atoms with Crippen LogP contribution in [0.4, 0.5) is 9.18 Å². The van der Waals surface area contributed by atoms with Gasteiger partial charge in [0.15, 0.2) is 17.2 Å². The van der Waals surface area contributed by atoms with Crippen molar-refractivity contribution in [1.29, 1.82) is 5.26 Å². The molecule has 0 unspecified atom stereocenters. The normalized spacial score (nSPS) is 16.5. The van der Waals surface area contributed by atoms with Crippen LogP contribution >= 0.6 is 0 Å². The first-order valence-corrected chi connectivity index (χ1v) is 11.0. The summed E-state index contributed by atoms with van der Waals surface area (Å²) in [5, 5.41) is 19.2. The van der Waals surface area contributed by atoms with Crippen molar-refractivity contribution in [3.63, 3.8) is 0 Å². The Morgan fingerprint density at radius 1 is 1.29 bits per heavy atom. The van der Waals surface area contributed by atoms with Gasteiger partial charge in [0.1, 0.15) is 5.70 Å². The number of aryl methyl sites for hydroxylation is 1. The molecule has 2 aliphatic rings. The van der Waals surface area contributed by atoms with Crippen molar-refractivity contribution in [3.8, 4) is 17.6 Å². The summed E-state index contributed by atoms with van der Waals surface area (Å²) in [7, 11) is 0. The molecule has 10 nitrogen and oxygen atoms in total. The highest BCUT2D eigenvalue weighted by Gasteiger charge is 2.39. The van der Waals surface area contributed by atoms with Gasteiger partial charge in [0, 0.05) is 39.8 Å². The molecule has 1 aliphatic heterocycles. The van der Waals surface area contributed by atoms with Crippen LogP contribution in [-0.4, -0.2) is 38.2 Å². The second-order valence-corrected chi connectivity index (χ2v) is 8.66. The molecule has 4 aromatic rings. The third kappa shape index (κ3) is 3.57. The predicted molar refractivity (Wildman–Crippen MR) is 125 cm³/mol. The molecular formula is C23H17BFN7O3. The van der Waals surface area contributed by atoms with Crippen LogP contribution in [0.25, 0.3) is 22.6 Å². The van der Waals surface area contributed by atoms with E-state index in [2.05, 4.69) is 31.7 Å². The van der Waals surface area contributed by atoms with Crippen molar-refractivity contribution in [2.75, 3.05) is 0 Å². The molecule has 172 valence electrons. The van der Waals surface area contributed by atoms with Gasteiger partial charge in [-0.25, -0.2) is 19.0 Å². The zero-order chi connectivity index (χ0) is 24.3. The number of fused-ring (bicyclic) bond motifs is 2. The lowest BCUT2D eigenvalue weighted by atomic mass is 9.44. The smallest absolute Gasteiger partial charge is 0.326 e. The van der Waals surface area contributed by atoms with Gasteiger partial charge in [0.25, 0.3) is 5.91 Å². The van der Waals surface area contributed by atoms with Crippen LogP contribution in [0.1, 0.15) is 24.1 Å². The lowest BCUT2D eigenvalue weighted by Crippen LogP contribution is -2.35. The molecule has 0 spiro atoms. The molecule has 0 atom stereocenters. The molecule has 6 rings (SSSR count). The molecule has 1 saturated carbocycles. The number of rotatable bonds is 5. The lowest BCUT2D eigenvalue weighted by Gasteiger charge is -2.12. The molecule has 0 radical (unpaired) electrons. The maximum atomic E-state index is 15.2. The van der Waals surface area contributed by atoms with Gasteiger partial charge in [0.2, 0.25) is 5.88 Å². The van der Waals surface area contributed by atoms with Gasteiger partial charge in [-0.3, -0.25) is 10.1 Å². The zero-order valence-corrected chi connectivity index (χ0v) is 18.4. The molecule has 3 aromatic heterocycles. The number of urea groups is 1. The lowest BCUT2D eigenvalue weighted by molar-refractivity contribution is -0.115. The Morgan fingerprint density at radius 2 is 2.11 bits per heavy atom. The van der Waals surface area contributed by atoms with Crippen molar-refractivity contribution in [1.82, 2.24) is 30.2 Å². The number of amides is 3. The number of imide groups is 1. The summed E-state index contributed by atoms with van der Waals surface area (Å²) < 4.78 is 22.6. The van der Waals surface area contributed by atoms with E-state index in [9.17, 15) is 14.9 Å². The van der Waals surface area contributed by atoms with Crippen molar-refractivity contribution in [2.45, 2.75) is 25.6 Å². The van der Waals surface area contributed by atoms with Crippen LogP contribution in [0.15, 0.2) is 36.2 Å². The van der Waals surface area contributed by atoms with Gasteiger partial charge >= 0.3 is 12.7 Å². The van der Waals surface area contributed by atoms with Crippen molar-refractivity contribution >= 4 is 46.9 Å². The number of hydrogen-bond donors (Lipinski definition) is 3. The Balaban J connectivity index is 1.48. The van der Waals surface area contributed by atoms with Gasteiger partial charge in [0.05, 0.1) is 6.20 Å². The summed E-state index contributed by atoms with van der Waals surface area (Å²) >= 11 is 0. The number of aromatic nitrogens is 4. The standard InChI is InChI=1S/C23H17BFN7O3/c1-11-6-14-15(28-11)4-5-17(20(14)25)35-19-8-18(24(10-26)13-2-3-13)32-21(30-19)12(9-27-32)7-16-22(33)31-23(34)29-16/h4-9,13,28H,2-3H2,1H3,(H2,29,31,33,34)/b16-7-. The second kappa shape index (κ2) is 7.70. The highest BCUT2D eigenvalue weighted by Crippen LogP contribution is 2.39. The molecule has 1 aromatic carbocycles. The molecule has 12 heteroatoms. The topological polar surface area (TPSA) is 137 Å². The zero-order valence-electron chi connectivity index (χ0n) is 18.4. The first kappa shape index (κ1) is 20.9. The highest BCUT2D eigenvalue weighted by atomic mass is 19.1. The summed E-state index contributed by atoms with van der Waals surface area (Å²) in [4.78, 5) is 31.1. The third-order valence-electron chi connectivity index (χ3n) is 6.13. The average Bonchev–Trinajstić information content (AvgIpc) is 3.34. The number of ether oxygens (including phenoxy) is 1. The maximum Gasteiger partial charge on any atom is 0.326 e. The Kier molecular flexibility index (Phi) is 4.60. The minimum absolute atomic E-state index is 0.0129. The van der Waals surface area contributed by atoms with E-state index in [1.165, 1.54) is 22.9 Å². The number of hydrogen-bond acceptors (Lipinski definition) is 6. The molecule has 0 bridgehead atoms. The van der Waals surface area contributed by atoms with Gasteiger partial charge in [-0.05, 0) is 37.0 Å². The number of carbonyl (C=O) groups excluding carboxylic acids is 2. The molecular weight excluding hydrogens is 452 g/mol. The first-order chi connectivity index (χ1) is 16.9. The van der Waals surface area contributed by atoms with Gasteiger partial charge < -0.3 is 15.0 Å². The third-order valence-corrected chi connectivity index (χ3v) is 6.13. The fraction of sp³-hybridized carbons (Fsp3) is 0.174. The van der Waals surface area contributed by atoms with E-state index in [1.54, 1.807) is 18.2 Å². The average molecular weight is 469 g/mol. The number of nitrogens with one attached hydrogen (secondary N) is 3. The Bertz CT molecular complexity index is 1630. The van der Waals surface area contributed by atoms with E-state index in [0.29, 0.717) is 27.7 Å². The second-order valence-electron chi connectivity index (χ2n) is 8.66. The Labute approximate surface area is 197 Å². The van der Waals surface area contributed by atoms with Crippen LogP contribution < -0.4 is 21.0 Å². The quantitative estimate of drug-likeness (QED) is 0.234. The summed E-state index contributed by atoms with van der Waals surface area (Å²) in [6, 6.07) is 5.90. The van der Waals surface area contributed by atoms with Gasteiger partial charge in [-0.2, -0.15) is 10.1 Å². The summed E-state index contributed by atoms with van der Waals surface area (Å²) in [6.45, 7) is 1.38. The van der Waals surface area contributed by atoms with E-state index < -0.39 is 24.5 Å². The minimum Gasteiger partial charge on any atom is -0.436 e. The molecule has 3 amide bonds. The van der Waals surface area contributed by atoms with Crippen LogP contribution in [0, 0.1) is 24.0 Å². The first-order valence-electron chi connectivity index (χ1n) is 11.0. The Hall–Kier alpha value is -4.66. The summed E-state index contributed by atoms with van der Waals surface area (Å²) in [5.74, 6) is 1.48. The number of benzene rings is 1. The molecule has 3 N–H and O–H groups in total. The maximum absolute atomic E-state index is 15.2. The van der Waals surface area contributed by atoms with Crippen LogP contribution in [0.5, 0.6) is 11.6 Å².